The number of aliphatic imine (C=N–C) groups is 1. The molecule has 0 aromatic rings. The van der Waals surface area contributed by atoms with Crippen molar-refractivity contribution in [1.29, 1.82) is 0 Å². The third-order valence-corrected chi connectivity index (χ3v) is 3.53. The van der Waals surface area contributed by atoms with Gasteiger partial charge in [0.1, 0.15) is 0 Å². The maximum absolute atomic E-state index is 12.1. The molecule has 0 saturated carbocycles. The van der Waals surface area contributed by atoms with Crippen molar-refractivity contribution in [2.75, 3.05) is 33.2 Å². The number of alkyl halides is 3. The third kappa shape index (κ3) is 7.55. The van der Waals surface area contributed by atoms with Crippen LogP contribution in [0.15, 0.2) is 4.99 Å². The van der Waals surface area contributed by atoms with Gasteiger partial charge in [-0.1, -0.05) is 13.8 Å². The Hall–Kier alpha value is -0.980. The first-order valence-electron chi connectivity index (χ1n) is 7.57. The smallest absolute Gasteiger partial charge is 0.356 e. The molecule has 1 rings (SSSR count). The molecule has 0 unspecified atom stereocenters. The second kappa shape index (κ2) is 8.46. The highest BCUT2D eigenvalue weighted by atomic mass is 19.4. The van der Waals surface area contributed by atoms with Gasteiger partial charge in [-0.3, -0.25) is 9.89 Å². The first kappa shape index (κ1) is 18.1. The van der Waals surface area contributed by atoms with E-state index in [0.717, 1.165) is 26.1 Å². The lowest BCUT2D eigenvalue weighted by atomic mass is 10.1. The van der Waals surface area contributed by atoms with Gasteiger partial charge in [0.25, 0.3) is 0 Å². The first-order chi connectivity index (χ1) is 9.81. The zero-order chi connectivity index (χ0) is 15.9. The molecule has 21 heavy (non-hydrogen) atoms. The van der Waals surface area contributed by atoms with Gasteiger partial charge in [0, 0.05) is 32.7 Å². The summed E-state index contributed by atoms with van der Waals surface area (Å²) in [5, 5.41) is 5.84. The quantitative estimate of drug-likeness (QED) is 0.584. The zero-order valence-corrected chi connectivity index (χ0v) is 13.1. The number of nitrogens with one attached hydrogen (secondary N) is 2. The molecule has 0 amide bonds. The number of hydrogen-bond donors (Lipinski definition) is 2. The summed E-state index contributed by atoms with van der Waals surface area (Å²) in [6.45, 7) is 7.12. The normalized spacial score (nSPS) is 21.1. The predicted molar refractivity (Wildman–Crippen MR) is 79.5 cm³/mol. The lowest BCUT2D eigenvalue weighted by Gasteiger charge is -2.27. The topological polar surface area (TPSA) is 39.7 Å². The van der Waals surface area contributed by atoms with Gasteiger partial charge in [0.15, 0.2) is 5.96 Å². The summed E-state index contributed by atoms with van der Waals surface area (Å²) in [5.74, 6) is 1.06. The van der Waals surface area contributed by atoms with Gasteiger partial charge in [0.2, 0.25) is 0 Å². The van der Waals surface area contributed by atoms with Crippen LogP contribution in [-0.4, -0.2) is 56.3 Å². The van der Waals surface area contributed by atoms with Gasteiger partial charge < -0.3 is 10.6 Å². The number of guanidine groups is 1. The third-order valence-electron chi connectivity index (χ3n) is 3.53. The van der Waals surface area contributed by atoms with Crippen LogP contribution >= 0.6 is 0 Å². The number of hydrogen-bond acceptors (Lipinski definition) is 2. The van der Waals surface area contributed by atoms with E-state index in [2.05, 4.69) is 34.4 Å². The van der Waals surface area contributed by atoms with Crippen LogP contribution in [0.1, 0.15) is 33.1 Å². The standard InChI is InChI=1S/C14H27F3N4/c1-11(2)10-21-8-4-5-12(21)9-20-13(18-3)19-7-6-14(15,16)17/h11-12H,4-10H2,1-3H3,(H2,18,19,20)/t12-/m1/s1. The Morgan fingerprint density at radius 3 is 2.62 bits per heavy atom. The summed E-state index contributed by atoms with van der Waals surface area (Å²) in [6.07, 6.45) is -2.68. The van der Waals surface area contributed by atoms with Crippen LogP contribution in [0.25, 0.3) is 0 Å². The molecule has 1 heterocycles. The minimum atomic E-state index is -4.13. The lowest BCUT2D eigenvalue weighted by molar-refractivity contribution is -0.132. The van der Waals surface area contributed by atoms with Crippen LogP contribution in [0.5, 0.6) is 0 Å². The molecule has 0 aromatic carbocycles. The average molecular weight is 308 g/mol. The van der Waals surface area contributed by atoms with Gasteiger partial charge in [-0.25, -0.2) is 0 Å². The van der Waals surface area contributed by atoms with Crippen molar-refractivity contribution < 1.29 is 13.2 Å². The predicted octanol–water partition coefficient (Wildman–Crippen LogP) is 2.22. The number of likely N-dealkylation sites (tertiary alicyclic amines) is 1. The van der Waals surface area contributed by atoms with E-state index in [0.29, 0.717) is 17.9 Å². The van der Waals surface area contributed by atoms with Crippen molar-refractivity contribution in [3.8, 4) is 0 Å². The van der Waals surface area contributed by atoms with Crippen LogP contribution < -0.4 is 10.6 Å². The van der Waals surface area contributed by atoms with Crippen molar-refractivity contribution >= 4 is 5.96 Å². The van der Waals surface area contributed by atoms with Crippen molar-refractivity contribution in [2.24, 2.45) is 10.9 Å². The molecular weight excluding hydrogens is 281 g/mol. The number of halogens is 3. The molecule has 1 aliphatic rings. The van der Waals surface area contributed by atoms with Gasteiger partial charge in [-0.05, 0) is 25.3 Å². The number of nitrogens with zero attached hydrogens (tertiary/aromatic N) is 2. The summed E-state index contributed by atoms with van der Waals surface area (Å²) in [6, 6.07) is 0.438. The monoisotopic (exact) mass is 308 g/mol. The zero-order valence-electron chi connectivity index (χ0n) is 13.1. The minimum Gasteiger partial charge on any atom is -0.356 e. The summed E-state index contributed by atoms with van der Waals surface area (Å²) < 4.78 is 36.3. The molecule has 124 valence electrons. The van der Waals surface area contributed by atoms with Gasteiger partial charge >= 0.3 is 6.18 Å². The highest BCUT2D eigenvalue weighted by Gasteiger charge is 2.27. The minimum absolute atomic E-state index is 0.149. The summed E-state index contributed by atoms with van der Waals surface area (Å²) >= 11 is 0. The first-order valence-corrected chi connectivity index (χ1v) is 7.57. The molecule has 1 atom stereocenters. The van der Waals surface area contributed by atoms with Crippen molar-refractivity contribution in [1.82, 2.24) is 15.5 Å². The number of rotatable bonds is 6. The van der Waals surface area contributed by atoms with E-state index in [-0.39, 0.29) is 6.54 Å². The Labute approximate surface area is 125 Å². The Bertz CT molecular complexity index is 329. The maximum atomic E-state index is 12.1. The Kier molecular flexibility index (Phi) is 7.28. The van der Waals surface area contributed by atoms with E-state index in [9.17, 15) is 13.2 Å². The Morgan fingerprint density at radius 1 is 1.33 bits per heavy atom. The highest BCUT2D eigenvalue weighted by Crippen LogP contribution is 2.19. The van der Waals surface area contributed by atoms with Crippen LogP contribution in [0.3, 0.4) is 0 Å². The average Bonchev–Trinajstić information content (AvgIpc) is 2.78. The van der Waals surface area contributed by atoms with Gasteiger partial charge in [0.05, 0.1) is 6.42 Å². The molecule has 7 heteroatoms. The highest BCUT2D eigenvalue weighted by molar-refractivity contribution is 5.79. The molecule has 1 fully saturated rings. The molecular formula is C14H27F3N4. The van der Waals surface area contributed by atoms with E-state index in [1.807, 2.05) is 0 Å². The van der Waals surface area contributed by atoms with Crippen molar-refractivity contribution in [3.05, 3.63) is 0 Å². The fraction of sp³-hybridized carbons (Fsp3) is 0.929. The van der Waals surface area contributed by atoms with Crippen LogP contribution in [0.2, 0.25) is 0 Å². The van der Waals surface area contributed by atoms with Crippen LogP contribution in [0, 0.1) is 5.92 Å². The molecule has 0 aliphatic carbocycles. The lowest BCUT2D eigenvalue weighted by Crippen LogP contribution is -2.46. The van der Waals surface area contributed by atoms with E-state index in [4.69, 9.17) is 0 Å². The van der Waals surface area contributed by atoms with Crippen LogP contribution in [0.4, 0.5) is 13.2 Å². The molecule has 0 aromatic heterocycles. The molecule has 1 saturated heterocycles. The Morgan fingerprint density at radius 2 is 2.05 bits per heavy atom. The molecule has 0 spiro atoms. The second-order valence-corrected chi connectivity index (χ2v) is 5.93. The van der Waals surface area contributed by atoms with Crippen molar-refractivity contribution in [2.45, 2.75) is 45.3 Å². The summed E-state index contributed by atoms with van der Waals surface area (Å²) in [7, 11) is 1.57. The molecule has 1 aliphatic heterocycles. The van der Waals surface area contributed by atoms with Crippen molar-refractivity contribution in [3.63, 3.8) is 0 Å². The molecule has 0 bridgehead atoms. The van der Waals surface area contributed by atoms with E-state index < -0.39 is 12.6 Å². The summed E-state index contributed by atoms with van der Waals surface area (Å²) in [5.41, 5.74) is 0. The maximum Gasteiger partial charge on any atom is 0.390 e. The second-order valence-electron chi connectivity index (χ2n) is 5.93. The molecule has 0 radical (unpaired) electrons. The van der Waals surface area contributed by atoms with Gasteiger partial charge in [-0.2, -0.15) is 13.2 Å². The van der Waals surface area contributed by atoms with E-state index in [1.165, 1.54) is 6.42 Å². The fourth-order valence-electron chi connectivity index (χ4n) is 2.59. The van der Waals surface area contributed by atoms with Crippen LogP contribution in [-0.2, 0) is 0 Å². The fourth-order valence-corrected chi connectivity index (χ4v) is 2.59. The largest absolute Gasteiger partial charge is 0.390 e. The van der Waals surface area contributed by atoms with E-state index >= 15 is 0 Å². The SMILES string of the molecule is CN=C(NCCC(F)(F)F)NC[C@H]1CCCN1CC(C)C. The summed E-state index contributed by atoms with van der Waals surface area (Å²) in [4.78, 5) is 6.41. The van der Waals surface area contributed by atoms with E-state index in [1.54, 1.807) is 7.05 Å². The Balaban J connectivity index is 2.31. The molecule has 4 nitrogen and oxygen atoms in total. The molecule has 2 N–H and O–H groups in total. The van der Waals surface area contributed by atoms with Gasteiger partial charge in [-0.15, -0.1) is 0 Å².